The van der Waals surface area contributed by atoms with Gasteiger partial charge in [0.1, 0.15) is 11.5 Å². The molecule has 1 unspecified atom stereocenters. The standard InChI is InChI=1S/C23H27N5O3/c1-23-11-8-21(30)28(23)18-7-5-4-6-17(18)22(31)27(23)13-10-20(29)25-15-16-9-12-24-19(14-16)26(2)3/h4-7,9,12,14H,8,10-11,13,15H2,1-3H3,(H,25,29). The van der Waals surface area contributed by atoms with Gasteiger partial charge >= 0.3 is 0 Å². The molecule has 0 bridgehead atoms. The minimum absolute atomic E-state index is 0.00582. The van der Waals surface area contributed by atoms with Crippen LogP contribution in [0.3, 0.4) is 0 Å². The molecule has 0 radical (unpaired) electrons. The fraction of sp³-hybridized carbons (Fsp3) is 0.391. The molecule has 3 heterocycles. The van der Waals surface area contributed by atoms with Crippen LogP contribution in [0.25, 0.3) is 0 Å². The number of carbonyl (C=O) groups is 3. The summed E-state index contributed by atoms with van der Waals surface area (Å²) in [5, 5.41) is 2.92. The maximum atomic E-state index is 13.2. The predicted octanol–water partition coefficient (Wildman–Crippen LogP) is 2.15. The first-order chi connectivity index (χ1) is 14.8. The summed E-state index contributed by atoms with van der Waals surface area (Å²) in [7, 11) is 3.83. The van der Waals surface area contributed by atoms with E-state index in [0.717, 1.165) is 11.4 Å². The van der Waals surface area contributed by atoms with Crippen molar-refractivity contribution in [2.45, 2.75) is 38.4 Å². The van der Waals surface area contributed by atoms with Crippen molar-refractivity contribution in [2.75, 3.05) is 30.4 Å². The van der Waals surface area contributed by atoms with E-state index < -0.39 is 5.66 Å². The zero-order chi connectivity index (χ0) is 22.2. The third-order valence-corrected chi connectivity index (χ3v) is 6.07. The minimum atomic E-state index is -0.742. The van der Waals surface area contributed by atoms with Gasteiger partial charge < -0.3 is 15.1 Å². The van der Waals surface area contributed by atoms with Crippen molar-refractivity contribution < 1.29 is 14.4 Å². The van der Waals surface area contributed by atoms with E-state index in [1.54, 1.807) is 28.1 Å². The molecule has 162 valence electrons. The van der Waals surface area contributed by atoms with Crippen molar-refractivity contribution in [3.8, 4) is 0 Å². The molecule has 1 N–H and O–H groups in total. The fourth-order valence-corrected chi connectivity index (χ4v) is 4.36. The molecule has 2 aliphatic heterocycles. The summed E-state index contributed by atoms with van der Waals surface area (Å²) in [4.78, 5) is 47.9. The lowest BCUT2D eigenvalue weighted by molar-refractivity contribution is -0.121. The summed E-state index contributed by atoms with van der Waals surface area (Å²) in [6.45, 7) is 2.54. The number of pyridine rings is 1. The van der Waals surface area contributed by atoms with E-state index in [1.807, 2.05) is 50.2 Å². The minimum Gasteiger partial charge on any atom is -0.363 e. The monoisotopic (exact) mass is 421 g/mol. The number of fused-ring (bicyclic) bond motifs is 3. The summed E-state index contributed by atoms with van der Waals surface area (Å²) in [5.41, 5.74) is 1.37. The number of anilines is 2. The maximum Gasteiger partial charge on any atom is 0.257 e. The van der Waals surface area contributed by atoms with Gasteiger partial charge in [-0.1, -0.05) is 12.1 Å². The average molecular weight is 422 g/mol. The summed E-state index contributed by atoms with van der Waals surface area (Å²) in [5.74, 6) is 0.547. The van der Waals surface area contributed by atoms with Crippen LogP contribution < -0.4 is 15.1 Å². The predicted molar refractivity (Wildman–Crippen MR) is 118 cm³/mol. The number of nitrogens with one attached hydrogen (secondary N) is 1. The number of amides is 3. The van der Waals surface area contributed by atoms with Crippen molar-refractivity contribution in [2.24, 2.45) is 0 Å². The van der Waals surface area contributed by atoms with Crippen LogP contribution in [-0.4, -0.2) is 53.9 Å². The molecule has 1 aromatic carbocycles. The average Bonchev–Trinajstić information content (AvgIpc) is 3.07. The molecule has 2 aliphatic rings. The maximum absolute atomic E-state index is 13.2. The van der Waals surface area contributed by atoms with E-state index in [4.69, 9.17) is 0 Å². The molecule has 3 amide bonds. The number of rotatable bonds is 6. The number of benzene rings is 1. The summed E-state index contributed by atoms with van der Waals surface area (Å²) < 4.78 is 0. The van der Waals surface area contributed by atoms with Gasteiger partial charge in [-0.2, -0.15) is 0 Å². The van der Waals surface area contributed by atoms with E-state index in [1.165, 1.54) is 0 Å². The molecule has 0 aliphatic carbocycles. The zero-order valence-corrected chi connectivity index (χ0v) is 18.1. The van der Waals surface area contributed by atoms with Crippen LogP contribution in [-0.2, 0) is 16.1 Å². The molecule has 0 saturated carbocycles. The van der Waals surface area contributed by atoms with Crippen LogP contribution in [0.4, 0.5) is 11.5 Å². The first-order valence-corrected chi connectivity index (χ1v) is 10.4. The van der Waals surface area contributed by atoms with Gasteiger partial charge in [0.25, 0.3) is 5.91 Å². The van der Waals surface area contributed by atoms with Gasteiger partial charge in [0.2, 0.25) is 11.8 Å². The van der Waals surface area contributed by atoms with Gasteiger partial charge in [-0.25, -0.2) is 4.98 Å². The van der Waals surface area contributed by atoms with Crippen molar-refractivity contribution >= 4 is 29.2 Å². The molecular weight excluding hydrogens is 394 g/mol. The molecule has 1 fully saturated rings. The lowest BCUT2D eigenvalue weighted by atomic mass is 9.98. The zero-order valence-electron chi connectivity index (χ0n) is 18.1. The van der Waals surface area contributed by atoms with Gasteiger partial charge in [0.05, 0.1) is 11.3 Å². The molecule has 1 aromatic heterocycles. The Bertz CT molecular complexity index is 1040. The van der Waals surface area contributed by atoms with Crippen molar-refractivity contribution in [3.63, 3.8) is 0 Å². The molecule has 4 rings (SSSR count). The Hall–Kier alpha value is -3.42. The van der Waals surface area contributed by atoms with Gasteiger partial charge in [0, 0.05) is 46.2 Å². The number of nitrogens with zero attached hydrogens (tertiary/aromatic N) is 4. The Morgan fingerprint density at radius 2 is 2.00 bits per heavy atom. The highest BCUT2D eigenvalue weighted by atomic mass is 16.2. The molecule has 1 saturated heterocycles. The highest BCUT2D eigenvalue weighted by molar-refractivity contribution is 6.10. The molecular formula is C23H27N5O3. The molecule has 8 nitrogen and oxygen atoms in total. The van der Waals surface area contributed by atoms with Gasteiger partial charge in [-0.15, -0.1) is 0 Å². The van der Waals surface area contributed by atoms with Crippen molar-refractivity contribution in [3.05, 3.63) is 53.7 Å². The van der Waals surface area contributed by atoms with Gasteiger partial charge in [0.15, 0.2) is 0 Å². The van der Waals surface area contributed by atoms with E-state index >= 15 is 0 Å². The van der Waals surface area contributed by atoms with Crippen molar-refractivity contribution in [1.29, 1.82) is 0 Å². The second-order valence-corrected chi connectivity index (χ2v) is 8.36. The lowest BCUT2D eigenvalue weighted by Crippen LogP contribution is -2.62. The number of hydrogen-bond donors (Lipinski definition) is 1. The van der Waals surface area contributed by atoms with Crippen LogP contribution in [0, 0.1) is 0 Å². The van der Waals surface area contributed by atoms with Crippen LogP contribution >= 0.6 is 0 Å². The highest BCUT2D eigenvalue weighted by Gasteiger charge is 2.52. The first kappa shape index (κ1) is 20.8. The van der Waals surface area contributed by atoms with E-state index in [-0.39, 0.29) is 30.7 Å². The molecule has 31 heavy (non-hydrogen) atoms. The van der Waals surface area contributed by atoms with Crippen LogP contribution in [0.1, 0.15) is 42.1 Å². The summed E-state index contributed by atoms with van der Waals surface area (Å²) in [6, 6.07) is 11.0. The largest absolute Gasteiger partial charge is 0.363 e. The van der Waals surface area contributed by atoms with Gasteiger partial charge in [-0.05, 0) is 43.2 Å². The van der Waals surface area contributed by atoms with Crippen LogP contribution in [0.15, 0.2) is 42.6 Å². The molecule has 2 aromatic rings. The fourth-order valence-electron chi connectivity index (χ4n) is 4.36. The number of para-hydroxylation sites is 1. The Kier molecular flexibility index (Phi) is 5.39. The van der Waals surface area contributed by atoms with E-state index in [2.05, 4.69) is 10.3 Å². The third-order valence-electron chi connectivity index (χ3n) is 6.07. The topological polar surface area (TPSA) is 85.9 Å². The Morgan fingerprint density at radius 3 is 2.77 bits per heavy atom. The number of aromatic nitrogens is 1. The summed E-state index contributed by atoms with van der Waals surface area (Å²) in [6.07, 6.45) is 2.82. The Balaban J connectivity index is 1.44. The van der Waals surface area contributed by atoms with Crippen LogP contribution in [0.2, 0.25) is 0 Å². The van der Waals surface area contributed by atoms with Gasteiger partial charge in [-0.3, -0.25) is 19.3 Å². The Labute approximate surface area is 181 Å². The normalized spacial score (nSPS) is 19.8. The lowest BCUT2D eigenvalue weighted by Gasteiger charge is -2.48. The van der Waals surface area contributed by atoms with Crippen molar-refractivity contribution in [1.82, 2.24) is 15.2 Å². The van der Waals surface area contributed by atoms with Crippen LogP contribution in [0.5, 0.6) is 0 Å². The number of carbonyl (C=O) groups excluding carboxylic acids is 3. The van der Waals surface area contributed by atoms with E-state index in [9.17, 15) is 14.4 Å². The number of hydrogen-bond acceptors (Lipinski definition) is 5. The smallest absolute Gasteiger partial charge is 0.257 e. The third kappa shape index (κ3) is 3.73. The molecule has 8 heteroatoms. The summed E-state index contributed by atoms with van der Waals surface area (Å²) >= 11 is 0. The first-order valence-electron chi connectivity index (χ1n) is 10.4. The van der Waals surface area contributed by atoms with E-state index in [0.29, 0.717) is 30.6 Å². The highest BCUT2D eigenvalue weighted by Crippen LogP contribution is 2.43. The SMILES string of the molecule is CN(C)c1cc(CNC(=O)CCN2C(=O)c3ccccc3N3C(=O)CCC23C)ccn1. The molecule has 1 atom stereocenters. The second kappa shape index (κ2) is 8.02. The molecule has 0 spiro atoms. The Morgan fingerprint density at radius 1 is 1.23 bits per heavy atom. The second-order valence-electron chi connectivity index (χ2n) is 8.36. The quantitative estimate of drug-likeness (QED) is 0.773.